The van der Waals surface area contributed by atoms with Crippen LogP contribution in [0.2, 0.25) is 5.28 Å². The van der Waals surface area contributed by atoms with E-state index in [-0.39, 0.29) is 17.1 Å². The molecule has 94 valence electrons. The van der Waals surface area contributed by atoms with Gasteiger partial charge >= 0.3 is 0 Å². The first-order chi connectivity index (χ1) is 8.56. The SMILES string of the molecule is CC(C)Oc1cccc(-c2nc(Cl)ncc2F)c1. The molecule has 0 saturated carbocycles. The molecule has 0 aliphatic heterocycles. The van der Waals surface area contributed by atoms with Crippen molar-refractivity contribution in [3.05, 3.63) is 41.6 Å². The maximum absolute atomic E-state index is 13.6. The largest absolute Gasteiger partial charge is 0.491 e. The molecule has 0 aliphatic carbocycles. The number of nitrogens with zero attached hydrogens (tertiary/aromatic N) is 2. The summed E-state index contributed by atoms with van der Waals surface area (Å²) in [5.41, 5.74) is 0.777. The summed E-state index contributed by atoms with van der Waals surface area (Å²) in [5.74, 6) is 0.151. The monoisotopic (exact) mass is 266 g/mol. The van der Waals surface area contributed by atoms with Gasteiger partial charge in [-0.05, 0) is 37.6 Å². The molecule has 0 unspecified atom stereocenters. The van der Waals surface area contributed by atoms with E-state index in [1.54, 1.807) is 18.2 Å². The summed E-state index contributed by atoms with van der Waals surface area (Å²) >= 11 is 5.67. The summed E-state index contributed by atoms with van der Waals surface area (Å²) in [6.45, 7) is 3.85. The first kappa shape index (κ1) is 12.8. The zero-order valence-electron chi connectivity index (χ0n) is 10.0. The highest BCUT2D eigenvalue weighted by atomic mass is 35.5. The van der Waals surface area contributed by atoms with E-state index in [2.05, 4.69) is 9.97 Å². The van der Waals surface area contributed by atoms with Crippen LogP contribution >= 0.6 is 11.6 Å². The Labute approximate surface area is 110 Å². The minimum atomic E-state index is -0.513. The van der Waals surface area contributed by atoms with Gasteiger partial charge in [0.2, 0.25) is 5.28 Å². The van der Waals surface area contributed by atoms with E-state index in [1.165, 1.54) is 0 Å². The summed E-state index contributed by atoms with van der Waals surface area (Å²) in [7, 11) is 0. The second-order valence-electron chi connectivity index (χ2n) is 4.03. The van der Waals surface area contributed by atoms with Crippen molar-refractivity contribution in [3.63, 3.8) is 0 Å². The quantitative estimate of drug-likeness (QED) is 0.794. The van der Waals surface area contributed by atoms with Gasteiger partial charge in [-0.1, -0.05) is 12.1 Å². The minimum absolute atomic E-state index is 0.0154. The van der Waals surface area contributed by atoms with E-state index >= 15 is 0 Å². The van der Waals surface area contributed by atoms with Crippen LogP contribution in [0.3, 0.4) is 0 Å². The summed E-state index contributed by atoms with van der Waals surface area (Å²) < 4.78 is 19.2. The highest BCUT2D eigenvalue weighted by Crippen LogP contribution is 2.25. The van der Waals surface area contributed by atoms with Crippen LogP contribution in [0, 0.1) is 5.82 Å². The third-order valence-electron chi connectivity index (χ3n) is 2.19. The van der Waals surface area contributed by atoms with Crippen molar-refractivity contribution in [2.75, 3.05) is 0 Å². The Balaban J connectivity index is 2.41. The third-order valence-corrected chi connectivity index (χ3v) is 2.38. The van der Waals surface area contributed by atoms with Gasteiger partial charge in [0.25, 0.3) is 0 Å². The Kier molecular flexibility index (Phi) is 3.77. The standard InChI is InChI=1S/C13H12ClFN2O/c1-8(2)18-10-5-3-4-9(6-10)12-11(15)7-16-13(14)17-12/h3-8H,1-2H3. The number of benzene rings is 1. The molecule has 0 saturated heterocycles. The van der Waals surface area contributed by atoms with Crippen LogP contribution in [0.25, 0.3) is 11.3 Å². The second kappa shape index (κ2) is 5.31. The first-order valence-corrected chi connectivity index (χ1v) is 5.89. The molecule has 0 amide bonds. The van der Waals surface area contributed by atoms with Crippen LogP contribution in [0.4, 0.5) is 4.39 Å². The van der Waals surface area contributed by atoms with E-state index in [4.69, 9.17) is 16.3 Å². The smallest absolute Gasteiger partial charge is 0.223 e. The van der Waals surface area contributed by atoms with Crippen molar-refractivity contribution in [1.82, 2.24) is 9.97 Å². The van der Waals surface area contributed by atoms with Gasteiger partial charge in [-0.15, -0.1) is 0 Å². The molecule has 0 fully saturated rings. The molecule has 1 aromatic carbocycles. The maximum Gasteiger partial charge on any atom is 0.223 e. The summed E-state index contributed by atoms with van der Waals surface area (Å²) in [5, 5.41) is 0.0154. The van der Waals surface area contributed by atoms with Gasteiger partial charge in [0.05, 0.1) is 12.3 Å². The lowest BCUT2D eigenvalue weighted by atomic mass is 10.1. The predicted octanol–water partition coefficient (Wildman–Crippen LogP) is 3.72. The molecule has 0 radical (unpaired) electrons. The lowest BCUT2D eigenvalue weighted by Crippen LogP contribution is -2.05. The van der Waals surface area contributed by atoms with Gasteiger partial charge in [0, 0.05) is 5.56 Å². The van der Waals surface area contributed by atoms with Crippen molar-refractivity contribution in [3.8, 4) is 17.0 Å². The molecular weight excluding hydrogens is 255 g/mol. The molecule has 0 spiro atoms. The van der Waals surface area contributed by atoms with Crippen LogP contribution in [-0.4, -0.2) is 16.1 Å². The molecule has 2 rings (SSSR count). The first-order valence-electron chi connectivity index (χ1n) is 5.51. The van der Waals surface area contributed by atoms with Gasteiger partial charge in [-0.2, -0.15) is 0 Å². The van der Waals surface area contributed by atoms with Crippen LogP contribution in [0.5, 0.6) is 5.75 Å². The highest BCUT2D eigenvalue weighted by Gasteiger charge is 2.09. The number of aromatic nitrogens is 2. The lowest BCUT2D eigenvalue weighted by Gasteiger charge is -2.10. The average molecular weight is 267 g/mol. The number of ether oxygens (including phenoxy) is 1. The van der Waals surface area contributed by atoms with E-state index in [0.29, 0.717) is 11.3 Å². The van der Waals surface area contributed by atoms with Crippen LogP contribution < -0.4 is 4.74 Å². The molecule has 5 heteroatoms. The Hall–Kier alpha value is -1.68. The van der Waals surface area contributed by atoms with Crippen molar-refractivity contribution in [2.45, 2.75) is 20.0 Å². The Morgan fingerprint density at radius 3 is 2.83 bits per heavy atom. The van der Waals surface area contributed by atoms with Crippen molar-refractivity contribution < 1.29 is 9.13 Å². The van der Waals surface area contributed by atoms with Gasteiger partial charge in [-0.25, -0.2) is 14.4 Å². The summed E-state index contributed by atoms with van der Waals surface area (Å²) in [6, 6.07) is 7.06. The zero-order chi connectivity index (χ0) is 13.1. The van der Waals surface area contributed by atoms with Crippen LogP contribution in [0.1, 0.15) is 13.8 Å². The Morgan fingerprint density at radius 1 is 1.33 bits per heavy atom. The lowest BCUT2D eigenvalue weighted by molar-refractivity contribution is 0.242. The molecule has 0 aliphatic rings. The molecule has 0 N–H and O–H groups in total. The normalized spacial score (nSPS) is 10.7. The van der Waals surface area contributed by atoms with Crippen molar-refractivity contribution in [1.29, 1.82) is 0 Å². The summed E-state index contributed by atoms with van der Waals surface area (Å²) in [4.78, 5) is 7.47. The molecule has 18 heavy (non-hydrogen) atoms. The Bertz CT molecular complexity index is 560. The van der Waals surface area contributed by atoms with Gasteiger partial charge in [-0.3, -0.25) is 0 Å². The molecular formula is C13H12ClFN2O. The van der Waals surface area contributed by atoms with Crippen molar-refractivity contribution in [2.24, 2.45) is 0 Å². The third kappa shape index (κ3) is 2.96. The van der Waals surface area contributed by atoms with Gasteiger partial charge in [0.15, 0.2) is 5.82 Å². The number of rotatable bonds is 3. The van der Waals surface area contributed by atoms with Crippen molar-refractivity contribution >= 4 is 11.6 Å². The summed E-state index contributed by atoms with van der Waals surface area (Å²) in [6.07, 6.45) is 1.11. The molecule has 0 bridgehead atoms. The fraction of sp³-hybridized carbons (Fsp3) is 0.231. The van der Waals surface area contributed by atoms with E-state index in [9.17, 15) is 4.39 Å². The zero-order valence-corrected chi connectivity index (χ0v) is 10.8. The predicted molar refractivity (Wildman–Crippen MR) is 68.2 cm³/mol. The molecule has 1 aromatic heterocycles. The topological polar surface area (TPSA) is 35.0 Å². The van der Waals surface area contributed by atoms with E-state index < -0.39 is 5.82 Å². The van der Waals surface area contributed by atoms with Gasteiger partial charge < -0.3 is 4.74 Å². The average Bonchev–Trinajstić information content (AvgIpc) is 2.32. The van der Waals surface area contributed by atoms with E-state index in [1.807, 2.05) is 19.9 Å². The minimum Gasteiger partial charge on any atom is -0.491 e. The fourth-order valence-corrected chi connectivity index (χ4v) is 1.67. The van der Waals surface area contributed by atoms with E-state index in [0.717, 1.165) is 6.20 Å². The maximum atomic E-state index is 13.6. The molecule has 2 aromatic rings. The number of hydrogen-bond acceptors (Lipinski definition) is 3. The highest BCUT2D eigenvalue weighted by molar-refractivity contribution is 6.28. The van der Waals surface area contributed by atoms with Crippen LogP contribution in [-0.2, 0) is 0 Å². The number of hydrogen-bond donors (Lipinski definition) is 0. The number of halogens is 2. The molecule has 0 atom stereocenters. The Morgan fingerprint density at radius 2 is 2.11 bits per heavy atom. The fourth-order valence-electron chi connectivity index (χ4n) is 1.54. The molecule has 1 heterocycles. The second-order valence-corrected chi connectivity index (χ2v) is 4.37. The molecule has 3 nitrogen and oxygen atoms in total. The van der Waals surface area contributed by atoms with Crippen LogP contribution in [0.15, 0.2) is 30.5 Å². The van der Waals surface area contributed by atoms with Gasteiger partial charge in [0.1, 0.15) is 11.4 Å².